The second kappa shape index (κ2) is 3.87. The molecule has 1 N–H and O–H groups in total. The van der Waals surface area contributed by atoms with Crippen LogP contribution in [-0.4, -0.2) is 15.0 Å². The quantitative estimate of drug-likeness (QED) is 0.792. The molecule has 14 heavy (non-hydrogen) atoms. The molecule has 72 valence electrons. The zero-order valence-electron chi connectivity index (χ0n) is 7.77. The van der Waals surface area contributed by atoms with Crippen LogP contribution < -0.4 is 5.32 Å². The summed E-state index contributed by atoms with van der Waals surface area (Å²) in [7, 11) is 0. The lowest BCUT2D eigenvalue weighted by molar-refractivity contribution is 0.479. The fourth-order valence-electron chi connectivity index (χ4n) is 1.04. The molecule has 0 unspecified atom stereocenters. The van der Waals surface area contributed by atoms with Gasteiger partial charge in [-0.25, -0.2) is 15.0 Å². The number of anilines is 1. The maximum absolute atomic E-state index is 5.29. The van der Waals surface area contributed by atoms with Gasteiger partial charge in [0.15, 0.2) is 0 Å². The fraction of sp³-hybridized carbons (Fsp3) is 0.222. The Labute approximate surface area is 81.2 Å². The van der Waals surface area contributed by atoms with Crippen LogP contribution in [0.5, 0.6) is 0 Å². The average molecular weight is 190 g/mol. The third-order valence-electron chi connectivity index (χ3n) is 1.67. The van der Waals surface area contributed by atoms with Gasteiger partial charge in [0, 0.05) is 6.20 Å². The molecule has 0 aliphatic heterocycles. The van der Waals surface area contributed by atoms with Gasteiger partial charge < -0.3 is 9.73 Å². The highest BCUT2D eigenvalue weighted by Gasteiger charge is 1.99. The zero-order valence-corrected chi connectivity index (χ0v) is 7.77. The van der Waals surface area contributed by atoms with E-state index in [1.54, 1.807) is 18.5 Å². The van der Waals surface area contributed by atoms with Gasteiger partial charge in [-0.05, 0) is 13.0 Å². The summed E-state index contributed by atoms with van der Waals surface area (Å²) >= 11 is 0. The summed E-state index contributed by atoms with van der Waals surface area (Å²) in [5.41, 5.74) is 0. The van der Waals surface area contributed by atoms with Crippen LogP contribution in [0, 0.1) is 6.92 Å². The third-order valence-corrected chi connectivity index (χ3v) is 1.67. The van der Waals surface area contributed by atoms with Gasteiger partial charge in [-0.1, -0.05) is 0 Å². The van der Waals surface area contributed by atoms with Gasteiger partial charge in [-0.3, -0.25) is 0 Å². The van der Waals surface area contributed by atoms with Gasteiger partial charge in [-0.2, -0.15) is 0 Å². The predicted molar refractivity (Wildman–Crippen MR) is 50.6 cm³/mol. The van der Waals surface area contributed by atoms with Gasteiger partial charge in [0.1, 0.15) is 17.9 Å². The molecular weight excluding hydrogens is 180 g/mol. The van der Waals surface area contributed by atoms with E-state index in [9.17, 15) is 0 Å². The molecule has 0 radical (unpaired) electrons. The first-order valence-electron chi connectivity index (χ1n) is 4.26. The smallest absolute Gasteiger partial charge is 0.213 e. The monoisotopic (exact) mass is 190 g/mol. The maximum atomic E-state index is 5.29. The third kappa shape index (κ3) is 2.07. The largest absolute Gasteiger partial charge is 0.444 e. The van der Waals surface area contributed by atoms with Crippen LogP contribution in [-0.2, 0) is 6.54 Å². The number of nitrogens with one attached hydrogen (secondary N) is 1. The van der Waals surface area contributed by atoms with Crippen molar-refractivity contribution in [2.24, 2.45) is 0 Å². The van der Waals surface area contributed by atoms with Crippen molar-refractivity contribution in [3.63, 3.8) is 0 Å². The minimum Gasteiger partial charge on any atom is -0.444 e. The molecule has 0 spiro atoms. The van der Waals surface area contributed by atoms with E-state index in [1.165, 1.54) is 6.33 Å². The molecule has 2 heterocycles. The second-order valence-corrected chi connectivity index (χ2v) is 2.81. The molecule has 0 saturated heterocycles. The van der Waals surface area contributed by atoms with Crippen LogP contribution in [0.4, 0.5) is 5.82 Å². The first-order valence-corrected chi connectivity index (χ1v) is 4.26. The van der Waals surface area contributed by atoms with E-state index < -0.39 is 0 Å². The van der Waals surface area contributed by atoms with Crippen molar-refractivity contribution in [3.8, 4) is 0 Å². The van der Waals surface area contributed by atoms with Crippen molar-refractivity contribution in [1.29, 1.82) is 0 Å². The summed E-state index contributed by atoms with van der Waals surface area (Å²) in [5, 5.41) is 3.07. The molecule has 0 atom stereocenters. The van der Waals surface area contributed by atoms with Crippen molar-refractivity contribution >= 4 is 5.82 Å². The van der Waals surface area contributed by atoms with E-state index in [1.807, 2.05) is 6.92 Å². The Hall–Kier alpha value is -1.91. The highest BCUT2D eigenvalue weighted by molar-refractivity contribution is 5.31. The topological polar surface area (TPSA) is 63.8 Å². The highest BCUT2D eigenvalue weighted by Crippen LogP contribution is 2.04. The second-order valence-electron chi connectivity index (χ2n) is 2.81. The molecule has 0 bridgehead atoms. The normalized spacial score (nSPS) is 10.1. The summed E-state index contributed by atoms with van der Waals surface area (Å²) in [4.78, 5) is 11.9. The molecular formula is C9H10N4O. The van der Waals surface area contributed by atoms with Crippen molar-refractivity contribution < 1.29 is 4.42 Å². The molecule has 2 aromatic rings. The SMILES string of the molecule is Cc1cnc(CNc2ccncn2)o1. The summed E-state index contributed by atoms with van der Waals surface area (Å²) in [6.45, 7) is 2.39. The van der Waals surface area contributed by atoms with E-state index >= 15 is 0 Å². The standard InChI is InChI=1S/C9H10N4O/c1-7-4-12-9(14-7)5-11-8-2-3-10-6-13-8/h2-4,6H,5H2,1H3,(H,10,11,13). The van der Waals surface area contributed by atoms with E-state index in [4.69, 9.17) is 4.42 Å². The molecule has 0 saturated carbocycles. The number of rotatable bonds is 3. The summed E-state index contributed by atoms with van der Waals surface area (Å²) in [6, 6.07) is 1.79. The molecule has 5 heteroatoms. The number of aromatic nitrogens is 3. The average Bonchev–Trinajstić information content (AvgIpc) is 2.63. The number of hydrogen-bond donors (Lipinski definition) is 1. The minimum absolute atomic E-state index is 0.533. The number of hydrogen-bond acceptors (Lipinski definition) is 5. The van der Waals surface area contributed by atoms with Gasteiger partial charge in [0.25, 0.3) is 0 Å². The van der Waals surface area contributed by atoms with Crippen LogP contribution in [0.2, 0.25) is 0 Å². The van der Waals surface area contributed by atoms with Crippen molar-refractivity contribution in [2.45, 2.75) is 13.5 Å². The Morgan fingerprint density at radius 2 is 2.36 bits per heavy atom. The van der Waals surface area contributed by atoms with Gasteiger partial charge in [0.2, 0.25) is 5.89 Å². The molecule has 0 aromatic carbocycles. The molecule has 0 aliphatic carbocycles. The molecule has 2 aromatic heterocycles. The molecule has 0 aliphatic rings. The first kappa shape index (κ1) is 8.68. The van der Waals surface area contributed by atoms with E-state index in [0.717, 1.165) is 11.6 Å². The predicted octanol–water partition coefficient (Wildman–Crippen LogP) is 1.39. The number of oxazole rings is 1. The van der Waals surface area contributed by atoms with Crippen molar-refractivity contribution in [1.82, 2.24) is 15.0 Å². The molecule has 2 rings (SSSR count). The molecule has 0 fully saturated rings. The van der Waals surface area contributed by atoms with E-state index in [2.05, 4.69) is 20.3 Å². The van der Waals surface area contributed by atoms with Crippen LogP contribution in [0.1, 0.15) is 11.7 Å². The lowest BCUT2D eigenvalue weighted by Gasteiger charge is -2.00. The summed E-state index contributed by atoms with van der Waals surface area (Å²) < 4.78 is 5.29. The van der Waals surface area contributed by atoms with Crippen molar-refractivity contribution in [2.75, 3.05) is 5.32 Å². The summed E-state index contributed by atoms with van der Waals surface area (Å²) in [6.07, 6.45) is 4.86. The van der Waals surface area contributed by atoms with Gasteiger partial charge in [0.05, 0.1) is 12.7 Å². The first-order chi connectivity index (χ1) is 6.84. The lowest BCUT2D eigenvalue weighted by Crippen LogP contribution is -2.01. The van der Waals surface area contributed by atoms with Crippen LogP contribution in [0.3, 0.4) is 0 Å². The Morgan fingerprint density at radius 3 is 3.00 bits per heavy atom. The molecule has 0 amide bonds. The van der Waals surface area contributed by atoms with Crippen LogP contribution in [0.15, 0.2) is 29.2 Å². The van der Waals surface area contributed by atoms with Crippen molar-refractivity contribution in [3.05, 3.63) is 36.4 Å². The number of aryl methyl sites for hydroxylation is 1. The van der Waals surface area contributed by atoms with E-state index in [0.29, 0.717) is 12.4 Å². The Balaban J connectivity index is 1.95. The van der Waals surface area contributed by atoms with Gasteiger partial charge in [-0.15, -0.1) is 0 Å². The van der Waals surface area contributed by atoms with Crippen LogP contribution in [0.25, 0.3) is 0 Å². The molecule has 5 nitrogen and oxygen atoms in total. The fourth-order valence-corrected chi connectivity index (χ4v) is 1.04. The Kier molecular flexibility index (Phi) is 2.40. The Bertz CT molecular complexity index is 398. The Morgan fingerprint density at radius 1 is 1.43 bits per heavy atom. The minimum atomic E-state index is 0.533. The van der Waals surface area contributed by atoms with Gasteiger partial charge >= 0.3 is 0 Å². The lowest BCUT2D eigenvalue weighted by atomic mass is 10.5. The van der Waals surface area contributed by atoms with Crippen LogP contribution >= 0.6 is 0 Å². The maximum Gasteiger partial charge on any atom is 0.213 e. The summed E-state index contributed by atoms with van der Waals surface area (Å²) in [5.74, 6) is 2.22. The van der Waals surface area contributed by atoms with E-state index in [-0.39, 0.29) is 0 Å². The highest BCUT2D eigenvalue weighted by atomic mass is 16.4. The number of nitrogens with zero attached hydrogens (tertiary/aromatic N) is 3. The zero-order chi connectivity index (χ0) is 9.80.